The lowest BCUT2D eigenvalue weighted by atomic mass is 10.1. The maximum atomic E-state index is 12.5. The molecule has 46 heavy (non-hydrogen) atoms. The summed E-state index contributed by atoms with van der Waals surface area (Å²) in [4.78, 5) is 22.3. The maximum Gasteiger partial charge on any atom is 0.472 e. The highest BCUT2D eigenvalue weighted by Crippen LogP contribution is 2.43. The highest BCUT2D eigenvalue weighted by Gasteiger charge is 2.25. The molecule has 0 spiro atoms. The van der Waals surface area contributed by atoms with Gasteiger partial charge in [-0.15, -0.1) is 0 Å². The smallest absolute Gasteiger partial charge is 0.457 e. The first-order valence-corrected chi connectivity index (χ1v) is 19.6. The molecular formula is C37H68NO7P. The number of hydrogen-bond acceptors (Lipinski definition) is 7. The van der Waals surface area contributed by atoms with Crippen LogP contribution in [0.2, 0.25) is 0 Å². The Bertz CT molecular complexity index is 844. The van der Waals surface area contributed by atoms with Crippen LogP contribution in [-0.4, -0.2) is 49.9 Å². The van der Waals surface area contributed by atoms with Crippen LogP contribution in [-0.2, 0) is 27.9 Å². The van der Waals surface area contributed by atoms with Gasteiger partial charge < -0.3 is 20.1 Å². The van der Waals surface area contributed by atoms with Crippen molar-refractivity contribution in [3.8, 4) is 0 Å². The average Bonchev–Trinajstić information content (AvgIpc) is 3.04. The zero-order valence-corrected chi connectivity index (χ0v) is 30.2. The van der Waals surface area contributed by atoms with E-state index < -0.39 is 13.9 Å². The second-order valence-corrected chi connectivity index (χ2v) is 13.2. The minimum Gasteiger partial charge on any atom is -0.457 e. The first kappa shape index (κ1) is 44.5. The summed E-state index contributed by atoms with van der Waals surface area (Å²) in [6.45, 7) is 4.71. The molecule has 268 valence electrons. The summed E-state index contributed by atoms with van der Waals surface area (Å²) in [5, 5.41) is 0. The molecule has 0 bridgehead atoms. The Labute approximate surface area is 281 Å². The Morgan fingerprint density at radius 1 is 0.674 bits per heavy atom. The van der Waals surface area contributed by atoms with Gasteiger partial charge in [-0.25, -0.2) is 4.57 Å². The summed E-state index contributed by atoms with van der Waals surface area (Å²) in [6, 6.07) is 0. The number of unbranched alkanes of at least 4 members (excludes halogenated alkanes) is 13. The minimum atomic E-state index is -4.27. The Hall–Kier alpha value is -1.54. The van der Waals surface area contributed by atoms with Gasteiger partial charge in [0.25, 0.3) is 0 Å². The van der Waals surface area contributed by atoms with E-state index in [1.54, 1.807) is 0 Å². The predicted octanol–water partition coefficient (Wildman–Crippen LogP) is 10.1. The fourth-order valence-corrected chi connectivity index (χ4v) is 5.34. The van der Waals surface area contributed by atoms with Gasteiger partial charge in [0.2, 0.25) is 0 Å². The summed E-state index contributed by atoms with van der Waals surface area (Å²) >= 11 is 0. The lowest BCUT2D eigenvalue weighted by Gasteiger charge is -2.20. The van der Waals surface area contributed by atoms with Crippen molar-refractivity contribution in [1.82, 2.24) is 0 Å². The van der Waals surface area contributed by atoms with Crippen molar-refractivity contribution in [3.05, 3.63) is 48.6 Å². The maximum absolute atomic E-state index is 12.5. The van der Waals surface area contributed by atoms with Gasteiger partial charge in [0.05, 0.1) is 19.8 Å². The molecule has 9 heteroatoms. The van der Waals surface area contributed by atoms with E-state index in [0.717, 1.165) is 70.6 Å². The van der Waals surface area contributed by atoms with Crippen LogP contribution in [0.15, 0.2) is 48.6 Å². The van der Waals surface area contributed by atoms with Gasteiger partial charge in [-0.3, -0.25) is 13.8 Å². The number of allylic oxidation sites excluding steroid dienone is 8. The van der Waals surface area contributed by atoms with Crippen LogP contribution < -0.4 is 5.73 Å². The van der Waals surface area contributed by atoms with Gasteiger partial charge in [0.1, 0.15) is 6.10 Å². The van der Waals surface area contributed by atoms with Crippen LogP contribution in [0, 0.1) is 0 Å². The Morgan fingerprint density at radius 3 is 1.85 bits per heavy atom. The van der Waals surface area contributed by atoms with Gasteiger partial charge in [-0.2, -0.15) is 0 Å². The summed E-state index contributed by atoms with van der Waals surface area (Å²) in [6.07, 6.45) is 38.3. The SMILES string of the molecule is CC/C=C\C/C=C\C/C=C\CCCCCCCC(=O)OC(COCCCCCCCC/C=C\CCCC)COP(=O)(O)OCCN. The summed E-state index contributed by atoms with van der Waals surface area (Å²) in [5.41, 5.74) is 5.34. The Morgan fingerprint density at radius 2 is 1.22 bits per heavy atom. The third-order valence-corrected chi connectivity index (χ3v) is 8.21. The van der Waals surface area contributed by atoms with E-state index in [1.165, 1.54) is 51.4 Å². The second-order valence-electron chi connectivity index (χ2n) is 11.7. The zero-order chi connectivity index (χ0) is 33.8. The second kappa shape index (κ2) is 34.8. The standard InChI is InChI=1S/C37H68NO7P/c1-3-5-7-9-11-13-15-17-18-19-20-22-24-26-28-30-37(39)45-36(35-44-46(40,41)43-33-31-38)34-42-32-29-27-25-23-21-16-14-12-10-8-6-4-2/h5,7,10-13,17-18,36H,3-4,6,8-9,14-16,19-35,38H2,1-2H3,(H,40,41)/b7-5-,12-10-,13-11-,18-17-. The highest BCUT2D eigenvalue weighted by molar-refractivity contribution is 7.47. The molecule has 2 atom stereocenters. The van der Waals surface area contributed by atoms with Gasteiger partial charge >= 0.3 is 13.8 Å². The van der Waals surface area contributed by atoms with Crippen molar-refractivity contribution in [1.29, 1.82) is 0 Å². The predicted molar refractivity (Wildman–Crippen MR) is 192 cm³/mol. The molecule has 0 aromatic heterocycles. The molecule has 0 amide bonds. The number of carbonyl (C=O) groups excluding carboxylic acids is 1. The average molecular weight is 670 g/mol. The van der Waals surface area contributed by atoms with E-state index in [-0.39, 0.29) is 32.3 Å². The van der Waals surface area contributed by atoms with Crippen molar-refractivity contribution in [2.45, 2.75) is 148 Å². The Balaban J connectivity index is 4.16. The number of hydrogen-bond donors (Lipinski definition) is 2. The van der Waals surface area contributed by atoms with E-state index in [2.05, 4.69) is 62.5 Å². The molecule has 8 nitrogen and oxygen atoms in total. The van der Waals surface area contributed by atoms with Gasteiger partial charge in [0, 0.05) is 19.6 Å². The van der Waals surface area contributed by atoms with Crippen LogP contribution >= 0.6 is 7.82 Å². The number of esters is 1. The quantitative estimate of drug-likeness (QED) is 0.0301. The van der Waals surface area contributed by atoms with Crippen LogP contribution in [0.25, 0.3) is 0 Å². The van der Waals surface area contributed by atoms with Gasteiger partial charge in [-0.05, 0) is 64.2 Å². The topological polar surface area (TPSA) is 117 Å². The van der Waals surface area contributed by atoms with Crippen molar-refractivity contribution in [2.75, 3.05) is 33.0 Å². The summed E-state index contributed by atoms with van der Waals surface area (Å²) < 4.78 is 33.2. The molecule has 0 rings (SSSR count). The monoisotopic (exact) mass is 669 g/mol. The largest absolute Gasteiger partial charge is 0.472 e. The van der Waals surface area contributed by atoms with E-state index in [9.17, 15) is 14.3 Å². The molecule has 0 fully saturated rings. The van der Waals surface area contributed by atoms with Crippen LogP contribution in [0.3, 0.4) is 0 Å². The molecule has 0 radical (unpaired) electrons. The molecule has 0 saturated heterocycles. The lowest BCUT2D eigenvalue weighted by Crippen LogP contribution is -2.28. The van der Waals surface area contributed by atoms with E-state index >= 15 is 0 Å². The molecule has 0 aromatic rings. The molecule has 0 aliphatic heterocycles. The summed E-state index contributed by atoms with van der Waals surface area (Å²) in [5.74, 6) is -0.353. The number of phosphoric ester groups is 1. The fourth-order valence-electron chi connectivity index (χ4n) is 4.58. The first-order valence-electron chi connectivity index (χ1n) is 18.1. The first-order chi connectivity index (χ1) is 22.4. The van der Waals surface area contributed by atoms with Gasteiger partial charge in [-0.1, -0.05) is 120 Å². The van der Waals surface area contributed by atoms with Gasteiger partial charge in [0.15, 0.2) is 0 Å². The van der Waals surface area contributed by atoms with Crippen LogP contribution in [0.5, 0.6) is 0 Å². The van der Waals surface area contributed by atoms with Crippen molar-refractivity contribution in [2.24, 2.45) is 5.73 Å². The number of rotatable bonds is 34. The third kappa shape index (κ3) is 33.8. The third-order valence-electron chi connectivity index (χ3n) is 7.23. The number of ether oxygens (including phenoxy) is 2. The summed E-state index contributed by atoms with van der Waals surface area (Å²) in [7, 11) is -4.27. The number of carbonyl (C=O) groups is 1. The lowest BCUT2D eigenvalue weighted by molar-refractivity contribution is -0.154. The minimum absolute atomic E-state index is 0.0945. The molecule has 0 saturated carbocycles. The van der Waals surface area contributed by atoms with E-state index in [0.29, 0.717) is 13.0 Å². The number of phosphoric acid groups is 1. The molecule has 0 aliphatic rings. The molecule has 0 heterocycles. The van der Waals surface area contributed by atoms with Crippen molar-refractivity contribution >= 4 is 13.8 Å². The Kier molecular flexibility index (Phi) is 33.6. The number of nitrogens with two attached hydrogens (primary N) is 1. The normalized spacial score (nSPS) is 14.3. The van der Waals surface area contributed by atoms with Crippen molar-refractivity contribution < 1.29 is 32.8 Å². The van der Waals surface area contributed by atoms with Crippen LogP contribution in [0.1, 0.15) is 142 Å². The molecule has 2 unspecified atom stereocenters. The van der Waals surface area contributed by atoms with Crippen molar-refractivity contribution in [3.63, 3.8) is 0 Å². The molecule has 3 N–H and O–H groups in total. The fraction of sp³-hybridized carbons (Fsp3) is 0.757. The molecular weight excluding hydrogens is 601 g/mol. The van der Waals surface area contributed by atoms with E-state index in [4.69, 9.17) is 24.3 Å². The van der Waals surface area contributed by atoms with E-state index in [1.807, 2.05) is 0 Å². The zero-order valence-electron chi connectivity index (χ0n) is 29.3. The van der Waals surface area contributed by atoms with Crippen LogP contribution in [0.4, 0.5) is 0 Å². The highest BCUT2D eigenvalue weighted by atomic mass is 31.2. The molecule has 0 aromatic carbocycles. The molecule has 0 aliphatic carbocycles.